The summed E-state index contributed by atoms with van der Waals surface area (Å²) in [5.41, 5.74) is 0.379. The van der Waals surface area contributed by atoms with Crippen molar-refractivity contribution in [2.75, 3.05) is 18.5 Å². The number of anilines is 1. The Morgan fingerprint density at radius 2 is 2.29 bits per heavy atom. The molecule has 0 saturated carbocycles. The summed E-state index contributed by atoms with van der Waals surface area (Å²) in [5, 5.41) is 12.1. The van der Waals surface area contributed by atoms with Crippen LogP contribution in [0.1, 0.15) is 12.8 Å². The molecule has 1 aromatic carbocycles. The molecule has 1 heterocycles. The van der Waals surface area contributed by atoms with Gasteiger partial charge in [-0.15, -0.1) is 0 Å². The minimum atomic E-state index is -0.396. The average Bonchev–Trinajstić information content (AvgIpc) is 2.39. The first-order valence-corrected chi connectivity index (χ1v) is 5.79. The maximum atomic E-state index is 13.5. The molecule has 2 atom stereocenters. The Kier molecular flexibility index (Phi) is 3.94. The summed E-state index contributed by atoms with van der Waals surface area (Å²) in [4.78, 5) is 0. The SMILES string of the molecule is N#CC(Nc1ccccc1F)C1CCCOC1. The van der Waals surface area contributed by atoms with Crippen LogP contribution in [0.15, 0.2) is 24.3 Å². The lowest BCUT2D eigenvalue weighted by Crippen LogP contribution is -2.34. The summed E-state index contributed by atoms with van der Waals surface area (Å²) < 4.78 is 18.8. The molecule has 90 valence electrons. The zero-order valence-corrected chi connectivity index (χ0v) is 9.53. The van der Waals surface area contributed by atoms with Crippen molar-refractivity contribution in [1.29, 1.82) is 5.26 Å². The monoisotopic (exact) mass is 234 g/mol. The lowest BCUT2D eigenvalue weighted by Gasteiger charge is -2.27. The van der Waals surface area contributed by atoms with Crippen molar-refractivity contribution in [3.8, 4) is 6.07 Å². The van der Waals surface area contributed by atoms with E-state index in [1.807, 2.05) is 0 Å². The number of benzene rings is 1. The minimum Gasteiger partial charge on any atom is -0.381 e. The number of nitriles is 1. The fraction of sp³-hybridized carbons (Fsp3) is 0.462. The third kappa shape index (κ3) is 2.95. The molecule has 0 bridgehead atoms. The molecule has 1 aliphatic rings. The second-order valence-electron chi connectivity index (χ2n) is 4.21. The van der Waals surface area contributed by atoms with Gasteiger partial charge in [0.25, 0.3) is 0 Å². The molecular weight excluding hydrogens is 219 g/mol. The highest BCUT2D eigenvalue weighted by molar-refractivity contribution is 5.46. The number of hydrogen-bond acceptors (Lipinski definition) is 3. The second kappa shape index (κ2) is 5.65. The summed E-state index contributed by atoms with van der Waals surface area (Å²) in [6.45, 7) is 1.33. The van der Waals surface area contributed by atoms with E-state index in [-0.39, 0.29) is 11.7 Å². The standard InChI is InChI=1S/C13H15FN2O/c14-11-5-1-2-6-12(11)16-13(8-15)10-4-3-7-17-9-10/h1-2,5-6,10,13,16H,3-4,7,9H2. The van der Waals surface area contributed by atoms with E-state index in [2.05, 4.69) is 11.4 Å². The van der Waals surface area contributed by atoms with E-state index in [1.165, 1.54) is 6.07 Å². The fourth-order valence-corrected chi connectivity index (χ4v) is 2.03. The number of hydrogen-bond donors (Lipinski definition) is 1. The molecule has 2 unspecified atom stereocenters. The van der Waals surface area contributed by atoms with E-state index in [0.717, 1.165) is 19.4 Å². The van der Waals surface area contributed by atoms with Crippen molar-refractivity contribution in [3.05, 3.63) is 30.1 Å². The molecule has 1 aromatic rings. The number of nitrogens with zero attached hydrogens (tertiary/aromatic N) is 1. The van der Waals surface area contributed by atoms with E-state index >= 15 is 0 Å². The van der Waals surface area contributed by atoms with E-state index in [1.54, 1.807) is 18.2 Å². The van der Waals surface area contributed by atoms with Crippen LogP contribution in [0, 0.1) is 23.1 Å². The number of ether oxygens (including phenoxy) is 1. The summed E-state index contributed by atoms with van der Waals surface area (Å²) in [6, 6.07) is 8.20. The first kappa shape index (κ1) is 11.9. The van der Waals surface area contributed by atoms with Crippen molar-refractivity contribution >= 4 is 5.69 Å². The molecule has 1 saturated heterocycles. The molecule has 3 nitrogen and oxygen atoms in total. The van der Waals surface area contributed by atoms with Gasteiger partial charge < -0.3 is 10.1 Å². The topological polar surface area (TPSA) is 45.0 Å². The van der Waals surface area contributed by atoms with Gasteiger partial charge in [0.15, 0.2) is 0 Å². The van der Waals surface area contributed by atoms with Gasteiger partial charge in [-0.2, -0.15) is 5.26 Å². The predicted octanol–water partition coefficient (Wildman–Crippen LogP) is 2.56. The summed E-state index contributed by atoms with van der Waals surface area (Å²) in [6.07, 6.45) is 1.90. The zero-order valence-electron chi connectivity index (χ0n) is 9.53. The minimum absolute atomic E-state index is 0.133. The van der Waals surface area contributed by atoms with Gasteiger partial charge in [-0.1, -0.05) is 12.1 Å². The maximum Gasteiger partial charge on any atom is 0.146 e. The number of nitrogens with one attached hydrogen (secondary N) is 1. The van der Waals surface area contributed by atoms with Gasteiger partial charge in [-0.25, -0.2) is 4.39 Å². The highest BCUT2D eigenvalue weighted by Gasteiger charge is 2.24. The van der Waals surface area contributed by atoms with Gasteiger partial charge in [-0.05, 0) is 25.0 Å². The maximum absolute atomic E-state index is 13.5. The van der Waals surface area contributed by atoms with Crippen LogP contribution in [0.2, 0.25) is 0 Å². The molecule has 1 fully saturated rings. The summed E-state index contributed by atoms with van der Waals surface area (Å²) >= 11 is 0. The van der Waals surface area contributed by atoms with Crippen LogP contribution in [0.25, 0.3) is 0 Å². The van der Waals surface area contributed by atoms with Crippen LogP contribution in [-0.4, -0.2) is 19.3 Å². The number of para-hydroxylation sites is 1. The van der Waals surface area contributed by atoms with E-state index < -0.39 is 6.04 Å². The predicted molar refractivity (Wildman–Crippen MR) is 63.0 cm³/mol. The molecule has 0 radical (unpaired) electrons. The second-order valence-corrected chi connectivity index (χ2v) is 4.21. The van der Waals surface area contributed by atoms with Crippen LogP contribution in [-0.2, 0) is 4.74 Å². The molecule has 2 rings (SSSR count). The van der Waals surface area contributed by atoms with Gasteiger partial charge in [-0.3, -0.25) is 0 Å². The Hall–Kier alpha value is -1.60. The van der Waals surface area contributed by atoms with Gasteiger partial charge in [0.05, 0.1) is 18.4 Å². The molecular formula is C13H15FN2O. The third-order valence-electron chi connectivity index (χ3n) is 2.99. The van der Waals surface area contributed by atoms with E-state index in [0.29, 0.717) is 12.3 Å². The molecule has 0 aliphatic carbocycles. The average molecular weight is 234 g/mol. The lowest BCUT2D eigenvalue weighted by molar-refractivity contribution is 0.0532. The third-order valence-corrected chi connectivity index (χ3v) is 2.99. The Morgan fingerprint density at radius 3 is 2.94 bits per heavy atom. The Balaban J connectivity index is 2.05. The molecule has 4 heteroatoms. The van der Waals surface area contributed by atoms with Crippen LogP contribution >= 0.6 is 0 Å². The number of halogens is 1. The van der Waals surface area contributed by atoms with Crippen LogP contribution < -0.4 is 5.32 Å². The molecule has 0 aromatic heterocycles. The molecule has 1 N–H and O–H groups in total. The van der Waals surface area contributed by atoms with Gasteiger partial charge in [0, 0.05) is 12.5 Å². The van der Waals surface area contributed by atoms with Gasteiger partial charge in [0.2, 0.25) is 0 Å². The number of rotatable bonds is 3. The molecule has 0 amide bonds. The van der Waals surface area contributed by atoms with Crippen molar-refractivity contribution < 1.29 is 9.13 Å². The highest BCUT2D eigenvalue weighted by Crippen LogP contribution is 2.22. The van der Waals surface area contributed by atoms with E-state index in [9.17, 15) is 4.39 Å². The normalized spacial score (nSPS) is 21.5. The van der Waals surface area contributed by atoms with Crippen LogP contribution in [0.5, 0.6) is 0 Å². The lowest BCUT2D eigenvalue weighted by atomic mass is 9.94. The van der Waals surface area contributed by atoms with Crippen molar-refractivity contribution in [1.82, 2.24) is 0 Å². The van der Waals surface area contributed by atoms with Crippen molar-refractivity contribution in [2.24, 2.45) is 5.92 Å². The first-order chi connectivity index (χ1) is 8.31. The molecule has 1 aliphatic heterocycles. The smallest absolute Gasteiger partial charge is 0.146 e. The Labute approximate surface area is 100 Å². The van der Waals surface area contributed by atoms with E-state index in [4.69, 9.17) is 10.00 Å². The van der Waals surface area contributed by atoms with Crippen LogP contribution in [0.4, 0.5) is 10.1 Å². The highest BCUT2D eigenvalue weighted by atomic mass is 19.1. The zero-order chi connectivity index (χ0) is 12.1. The largest absolute Gasteiger partial charge is 0.381 e. The van der Waals surface area contributed by atoms with Crippen molar-refractivity contribution in [3.63, 3.8) is 0 Å². The Bertz CT molecular complexity index is 410. The van der Waals surface area contributed by atoms with Gasteiger partial charge >= 0.3 is 0 Å². The molecule has 17 heavy (non-hydrogen) atoms. The Morgan fingerprint density at radius 1 is 1.47 bits per heavy atom. The van der Waals surface area contributed by atoms with Gasteiger partial charge in [0.1, 0.15) is 11.9 Å². The van der Waals surface area contributed by atoms with Crippen molar-refractivity contribution in [2.45, 2.75) is 18.9 Å². The van der Waals surface area contributed by atoms with Crippen LogP contribution in [0.3, 0.4) is 0 Å². The summed E-state index contributed by atoms with van der Waals surface area (Å²) in [7, 11) is 0. The quantitative estimate of drug-likeness (QED) is 0.874. The molecule has 0 spiro atoms. The fourth-order valence-electron chi connectivity index (χ4n) is 2.03. The first-order valence-electron chi connectivity index (χ1n) is 5.79. The summed E-state index contributed by atoms with van der Waals surface area (Å²) in [5.74, 6) is -0.196.